The molecule has 4 aromatic rings. The van der Waals surface area contributed by atoms with Crippen molar-refractivity contribution in [1.82, 2.24) is 19.9 Å². The maximum atomic E-state index is 12.5. The predicted molar refractivity (Wildman–Crippen MR) is 112 cm³/mol. The molecule has 0 saturated carbocycles. The summed E-state index contributed by atoms with van der Waals surface area (Å²) in [5.74, 6) is 0.670. The van der Waals surface area contributed by atoms with E-state index in [1.54, 1.807) is 61.5 Å². The van der Waals surface area contributed by atoms with Crippen LogP contribution in [0.1, 0.15) is 10.4 Å². The van der Waals surface area contributed by atoms with Gasteiger partial charge < -0.3 is 10.1 Å². The quantitative estimate of drug-likeness (QED) is 0.501. The maximum absolute atomic E-state index is 12.5. The van der Waals surface area contributed by atoms with Crippen molar-refractivity contribution in [3.63, 3.8) is 0 Å². The highest BCUT2D eigenvalue weighted by molar-refractivity contribution is 7.13. The van der Waals surface area contributed by atoms with Gasteiger partial charge in [-0.05, 0) is 36.4 Å². The second-order valence-corrected chi connectivity index (χ2v) is 6.73. The van der Waals surface area contributed by atoms with Crippen LogP contribution in [-0.2, 0) is 0 Å². The standard InChI is InChI=1S/C20H16N6O2S/c1-28-17-5-4-13(18(27)26-20-23-9-10-29-20)11-16(17)25-19-22-8-6-15(24-19)14-3-2-7-21-12-14/h2-12H,1H3,(H,22,24,25)(H,23,26,27). The SMILES string of the molecule is COc1ccc(C(=O)Nc2nccs2)cc1Nc1nccc(-c2cccnc2)n1. The molecule has 0 aliphatic rings. The number of pyridine rings is 1. The Morgan fingerprint density at radius 2 is 2.03 bits per heavy atom. The fraction of sp³-hybridized carbons (Fsp3) is 0.0500. The minimum absolute atomic E-state index is 0.268. The fourth-order valence-electron chi connectivity index (χ4n) is 2.62. The number of aromatic nitrogens is 4. The van der Waals surface area contributed by atoms with Gasteiger partial charge in [0.05, 0.1) is 18.5 Å². The fourth-order valence-corrected chi connectivity index (χ4v) is 3.14. The number of hydrogen-bond acceptors (Lipinski definition) is 8. The normalized spacial score (nSPS) is 10.4. The Hall–Kier alpha value is -3.85. The average Bonchev–Trinajstić information content (AvgIpc) is 3.27. The van der Waals surface area contributed by atoms with Crippen LogP contribution in [-0.4, -0.2) is 33.0 Å². The first-order valence-electron chi connectivity index (χ1n) is 8.62. The number of hydrogen-bond donors (Lipinski definition) is 2. The van der Waals surface area contributed by atoms with Crippen LogP contribution >= 0.6 is 11.3 Å². The summed E-state index contributed by atoms with van der Waals surface area (Å²) in [6.45, 7) is 0. The van der Waals surface area contributed by atoms with Gasteiger partial charge in [0.2, 0.25) is 5.95 Å². The molecule has 29 heavy (non-hydrogen) atoms. The number of nitrogens with zero attached hydrogens (tertiary/aromatic N) is 4. The Morgan fingerprint density at radius 1 is 1.10 bits per heavy atom. The lowest BCUT2D eigenvalue weighted by molar-refractivity contribution is 0.102. The summed E-state index contributed by atoms with van der Waals surface area (Å²) in [5, 5.41) is 8.22. The number of thiazole rings is 1. The monoisotopic (exact) mass is 404 g/mol. The molecule has 1 amide bonds. The van der Waals surface area contributed by atoms with Crippen LogP contribution < -0.4 is 15.4 Å². The number of methoxy groups -OCH3 is 1. The largest absolute Gasteiger partial charge is 0.495 e. The Bertz CT molecular complexity index is 1120. The Kier molecular flexibility index (Phi) is 5.39. The van der Waals surface area contributed by atoms with Gasteiger partial charge in [0, 0.05) is 41.3 Å². The summed E-state index contributed by atoms with van der Waals surface area (Å²) in [6.07, 6.45) is 6.73. The van der Waals surface area contributed by atoms with Gasteiger partial charge in [-0.3, -0.25) is 15.1 Å². The highest BCUT2D eigenvalue weighted by Gasteiger charge is 2.13. The number of carbonyl (C=O) groups excluding carboxylic acids is 1. The van der Waals surface area contributed by atoms with Crippen LogP contribution in [0, 0.1) is 0 Å². The van der Waals surface area contributed by atoms with E-state index in [1.165, 1.54) is 11.3 Å². The van der Waals surface area contributed by atoms with Crippen molar-refractivity contribution in [2.24, 2.45) is 0 Å². The van der Waals surface area contributed by atoms with E-state index in [1.807, 2.05) is 12.1 Å². The van der Waals surface area contributed by atoms with Crippen molar-refractivity contribution in [2.45, 2.75) is 0 Å². The van der Waals surface area contributed by atoms with Crippen LogP contribution in [0.15, 0.2) is 66.6 Å². The maximum Gasteiger partial charge on any atom is 0.257 e. The van der Waals surface area contributed by atoms with Gasteiger partial charge in [-0.1, -0.05) is 0 Å². The summed E-state index contributed by atoms with van der Waals surface area (Å²) in [4.78, 5) is 29.5. The third-order valence-electron chi connectivity index (χ3n) is 3.97. The molecule has 4 rings (SSSR count). The van der Waals surface area contributed by atoms with E-state index in [4.69, 9.17) is 4.74 Å². The summed E-state index contributed by atoms with van der Waals surface area (Å²) in [7, 11) is 1.56. The Morgan fingerprint density at radius 3 is 2.79 bits per heavy atom. The molecule has 0 bridgehead atoms. The topological polar surface area (TPSA) is 102 Å². The molecular weight excluding hydrogens is 388 g/mol. The van der Waals surface area contributed by atoms with Crippen molar-refractivity contribution >= 4 is 34.0 Å². The van der Waals surface area contributed by atoms with Crippen LogP contribution in [0.2, 0.25) is 0 Å². The summed E-state index contributed by atoms with van der Waals surface area (Å²) in [5.41, 5.74) is 2.63. The van der Waals surface area contributed by atoms with Crippen molar-refractivity contribution in [3.05, 3.63) is 72.1 Å². The third kappa shape index (κ3) is 4.36. The van der Waals surface area contributed by atoms with Crippen LogP contribution in [0.25, 0.3) is 11.3 Å². The molecule has 0 aliphatic heterocycles. The van der Waals surface area contributed by atoms with Crippen molar-refractivity contribution in [3.8, 4) is 17.0 Å². The zero-order valence-corrected chi connectivity index (χ0v) is 16.2. The van der Waals surface area contributed by atoms with Gasteiger partial charge in [0.1, 0.15) is 5.75 Å². The van der Waals surface area contributed by atoms with E-state index in [9.17, 15) is 4.79 Å². The number of ether oxygens (including phenoxy) is 1. The van der Waals surface area contributed by atoms with Gasteiger partial charge in [-0.2, -0.15) is 0 Å². The van der Waals surface area contributed by atoms with Gasteiger partial charge in [0.15, 0.2) is 5.13 Å². The molecule has 144 valence electrons. The summed E-state index contributed by atoms with van der Waals surface area (Å²) in [6, 6.07) is 10.6. The first kappa shape index (κ1) is 18.5. The van der Waals surface area contributed by atoms with Gasteiger partial charge in [-0.15, -0.1) is 11.3 Å². The van der Waals surface area contributed by atoms with Crippen molar-refractivity contribution in [2.75, 3.05) is 17.7 Å². The molecule has 0 spiro atoms. The molecule has 1 aromatic carbocycles. The van der Waals surface area contributed by atoms with Gasteiger partial charge in [-0.25, -0.2) is 15.0 Å². The van der Waals surface area contributed by atoms with Crippen LogP contribution in [0.3, 0.4) is 0 Å². The van der Waals surface area contributed by atoms with E-state index in [2.05, 4.69) is 30.6 Å². The number of amides is 1. The molecule has 0 radical (unpaired) electrons. The molecule has 0 unspecified atom stereocenters. The molecular formula is C20H16N6O2S. The van der Waals surface area contributed by atoms with Gasteiger partial charge in [0.25, 0.3) is 5.91 Å². The first-order chi connectivity index (χ1) is 14.2. The van der Waals surface area contributed by atoms with E-state index in [0.717, 1.165) is 11.3 Å². The molecule has 0 atom stereocenters. The van der Waals surface area contributed by atoms with Crippen LogP contribution in [0.5, 0.6) is 5.75 Å². The van der Waals surface area contributed by atoms with Crippen LogP contribution in [0.4, 0.5) is 16.8 Å². The van der Waals surface area contributed by atoms with Crippen molar-refractivity contribution < 1.29 is 9.53 Å². The molecule has 0 saturated heterocycles. The average molecular weight is 404 g/mol. The van der Waals surface area contributed by atoms with E-state index < -0.39 is 0 Å². The third-order valence-corrected chi connectivity index (χ3v) is 4.66. The lowest BCUT2D eigenvalue weighted by Gasteiger charge is -2.12. The molecule has 8 nitrogen and oxygen atoms in total. The van der Waals surface area contributed by atoms with E-state index in [0.29, 0.717) is 28.1 Å². The Balaban J connectivity index is 1.60. The molecule has 3 aromatic heterocycles. The number of benzene rings is 1. The Labute approximate surface area is 170 Å². The molecule has 3 heterocycles. The molecule has 9 heteroatoms. The molecule has 2 N–H and O–H groups in total. The zero-order valence-electron chi connectivity index (χ0n) is 15.4. The molecule has 0 fully saturated rings. The second-order valence-electron chi connectivity index (χ2n) is 5.84. The van der Waals surface area contributed by atoms with Crippen molar-refractivity contribution in [1.29, 1.82) is 0 Å². The number of anilines is 3. The van der Waals surface area contributed by atoms with E-state index in [-0.39, 0.29) is 5.91 Å². The predicted octanol–water partition coefficient (Wildman–Crippen LogP) is 4.00. The number of nitrogens with one attached hydrogen (secondary N) is 2. The number of carbonyl (C=O) groups is 1. The highest BCUT2D eigenvalue weighted by atomic mass is 32.1. The minimum Gasteiger partial charge on any atom is -0.495 e. The number of rotatable bonds is 6. The zero-order chi connectivity index (χ0) is 20.1. The minimum atomic E-state index is -0.268. The highest BCUT2D eigenvalue weighted by Crippen LogP contribution is 2.29. The van der Waals surface area contributed by atoms with E-state index >= 15 is 0 Å². The smallest absolute Gasteiger partial charge is 0.257 e. The summed E-state index contributed by atoms with van der Waals surface area (Å²) >= 11 is 1.35. The lowest BCUT2D eigenvalue weighted by Crippen LogP contribution is -2.12. The summed E-state index contributed by atoms with van der Waals surface area (Å²) < 4.78 is 5.40. The molecule has 0 aliphatic carbocycles. The lowest BCUT2D eigenvalue weighted by atomic mass is 10.1. The second kappa shape index (κ2) is 8.44. The van der Waals surface area contributed by atoms with Gasteiger partial charge >= 0.3 is 0 Å². The first-order valence-corrected chi connectivity index (χ1v) is 9.50.